The van der Waals surface area contributed by atoms with Gasteiger partial charge >= 0.3 is 0 Å². The van der Waals surface area contributed by atoms with Crippen LogP contribution in [0.15, 0.2) is 36.9 Å². The van der Waals surface area contributed by atoms with Gasteiger partial charge < -0.3 is 33.9 Å². The molecule has 0 spiro atoms. The number of morpholine rings is 1. The molecular formula is C37H53N11O5S. The first-order valence-corrected chi connectivity index (χ1v) is 20.8. The van der Waals surface area contributed by atoms with Gasteiger partial charge in [0.25, 0.3) is 0 Å². The fourth-order valence-corrected chi connectivity index (χ4v) is 8.62. The highest BCUT2D eigenvalue weighted by Crippen LogP contribution is 2.36. The zero-order valence-corrected chi connectivity index (χ0v) is 32.8. The average molecular weight is 764 g/mol. The molecule has 0 radical (unpaired) electrons. The van der Waals surface area contributed by atoms with Crippen molar-refractivity contribution in [2.75, 3.05) is 93.5 Å². The van der Waals surface area contributed by atoms with Crippen molar-refractivity contribution in [3.8, 4) is 11.6 Å². The molecule has 3 aliphatic rings. The van der Waals surface area contributed by atoms with E-state index in [0.29, 0.717) is 67.1 Å². The number of anilines is 3. The highest BCUT2D eigenvalue weighted by molar-refractivity contribution is 7.92. The van der Waals surface area contributed by atoms with Crippen molar-refractivity contribution in [2.45, 2.75) is 57.7 Å². The Bertz CT molecular complexity index is 1970. The molecule has 54 heavy (non-hydrogen) atoms. The molecule has 1 unspecified atom stereocenters. The first-order chi connectivity index (χ1) is 26.0. The zero-order chi connectivity index (χ0) is 37.8. The second-order valence-corrected chi connectivity index (χ2v) is 16.5. The van der Waals surface area contributed by atoms with E-state index in [-0.39, 0.29) is 12.1 Å². The van der Waals surface area contributed by atoms with Crippen molar-refractivity contribution in [1.82, 2.24) is 39.3 Å². The Kier molecular flexibility index (Phi) is 11.7. The SMILES string of the molecule is Cc1ncc(C(C)N(c2cnc3cc(N4CCOCC4)nc(O[C@H]4CC[C@@H](Nc5ncc(OCCN6CCN(C)CC6)cn5)CC4)c3c2)S(C)(=O)=O)n1C. The van der Waals surface area contributed by atoms with E-state index in [2.05, 4.69) is 42.0 Å². The molecule has 2 saturated heterocycles. The van der Waals surface area contributed by atoms with Gasteiger partial charge in [0.15, 0.2) is 5.75 Å². The van der Waals surface area contributed by atoms with Crippen LogP contribution in [-0.2, 0) is 21.8 Å². The summed E-state index contributed by atoms with van der Waals surface area (Å²) in [6.07, 6.45) is 11.3. The van der Waals surface area contributed by atoms with Gasteiger partial charge in [0.05, 0.1) is 72.6 Å². The number of likely N-dealkylation sites (N-methyl/N-ethyl adjacent to an activating group) is 1. The lowest BCUT2D eigenvalue weighted by Gasteiger charge is -2.32. The van der Waals surface area contributed by atoms with Gasteiger partial charge in [0.1, 0.15) is 24.4 Å². The van der Waals surface area contributed by atoms with E-state index in [9.17, 15) is 8.42 Å². The number of imidazole rings is 1. The molecule has 0 aromatic carbocycles. The quantitative estimate of drug-likeness (QED) is 0.212. The van der Waals surface area contributed by atoms with Gasteiger partial charge in [-0.3, -0.25) is 14.2 Å². The fraction of sp³-hybridized carbons (Fsp3) is 0.595. The minimum atomic E-state index is -3.71. The standard InChI is InChI=1S/C37H53N11O5S/c1-26(34-25-38-27(2)45(34)4)48(54(5,49)50)29-20-32-33(39-22-29)21-35(47-15-17-51-18-16-47)43-36(32)53-30-8-6-28(7-9-30)42-37-40-23-31(24-41-37)52-19-14-46-12-10-44(3)11-13-46/h20-26,28,30H,6-19H2,1-5H3,(H,40,41,42)/t26?,28-,30+. The third kappa shape index (κ3) is 8.96. The topological polar surface area (TPSA) is 156 Å². The first kappa shape index (κ1) is 38.0. The molecule has 1 saturated carbocycles. The largest absolute Gasteiger partial charge is 0.489 e. The number of hydrogen-bond acceptors (Lipinski definition) is 14. The number of rotatable bonds is 13. The monoisotopic (exact) mass is 763 g/mol. The van der Waals surface area contributed by atoms with Gasteiger partial charge in [-0.25, -0.2) is 23.4 Å². The molecule has 3 fully saturated rings. The van der Waals surface area contributed by atoms with Gasteiger partial charge in [0, 0.05) is 65.0 Å². The first-order valence-electron chi connectivity index (χ1n) is 18.9. The summed E-state index contributed by atoms with van der Waals surface area (Å²) in [6.45, 7) is 12.2. The molecule has 292 valence electrons. The summed E-state index contributed by atoms with van der Waals surface area (Å²) in [5.41, 5.74) is 1.88. The number of nitrogens with one attached hydrogen (secondary N) is 1. The minimum absolute atomic E-state index is 0.0818. The molecule has 1 aliphatic carbocycles. The summed E-state index contributed by atoms with van der Waals surface area (Å²) in [6, 6.07) is 3.45. The Labute approximate surface area is 317 Å². The third-order valence-electron chi connectivity index (χ3n) is 10.8. The normalized spacial score (nSPS) is 20.9. The van der Waals surface area contributed by atoms with E-state index < -0.39 is 16.1 Å². The van der Waals surface area contributed by atoms with Crippen LogP contribution in [0.3, 0.4) is 0 Å². The summed E-state index contributed by atoms with van der Waals surface area (Å²) in [7, 11) is 0.333. The molecule has 1 N–H and O–H groups in total. The van der Waals surface area contributed by atoms with Crippen LogP contribution >= 0.6 is 0 Å². The van der Waals surface area contributed by atoms with Crippen molar-refractivity contribution < 1.29 is 22.6 Å². The highest BCUT2D eigenvalue weighted by atomic mass is 32.2. The number of aryl methyl sites for hydroxylation is 1. The zero-order valence-electron chi connectivity index (χ0n) is 32.0. The molecule has 2 aliphatic heterocycles. The van der Waals surface area contributed by atoms with Gasteiger partial charge in [-0.05, 0) is 52.6 Å². The molecule has 0 bridgehead atoms. The number of pyridine rings is 2. The lowest BCUT2D eigenvalue weighted by Crippen LogP contribution is -2.45. The minimum Gasteiger partial charge on any atom is -0.489 e. The second-order valence-electron chi connectivity index (χ2n) is 14.6. The van der Waals surface area contributed by atoms with Crippen LogP contribution in [0.2, 0.25) is 0 Å². The molecule has 4 aromatic rings. The maximum atomic E-state index is 13.3. The predicted octanol–water partition coefficient (Wildman–Crippen LogP) is 3.25. The van der Waals surface area contributed by atoms with Gasteiger partial charge in [0.2, 0.25) is 21.9 Å². The van der Waals surface area contributed by atoms with Crippen LogP contribution in [0, 0.1) is 6.92 Å². The third-order valence-corrected chi connectivity index (χ3v) is 12.0. The van der Waals surface area contributed by atoms with Crippen LogP contribution in [-0.4, -0.2) is 139 Å². The van der Waals surface area contributed by atoms with E-state index in [1.54, 1.807) is 24.8 Å². The number of nitrogens with zero attached hydrogens (tertiary/aromatic N) is 10. The lowest BCUT2D eigenvalue weighted by atomic mass is 9.93. The molecule has 0 amide bonds. The Morgan fingerprint density at radius 3 is 2.33 bits per heavy atom. The maximum absolute atomic E-state index is 13.3. The van der Waals surface area contributed by atoms with Crippen molar-refractivity contribution in [3.63, 3.8) is 0 Å². The van der Waals surface area contributed by atoms with Gasteiger partial charge in [-0.2, -0.15) is 4.98 Å². The van der Waals surface area contributed by atoms with Crippen LogP contribution < -0.4 is 24.0 Å². The van der Waals surface area contributed by atoms with Crippen LogP contribution in [0.4, 0.5) is 17.5 Å². The van der Waals surface area contributed by atoms with Crippen molar-refractivity contribution >= 4 is 38.4 Å². The number of hydrogen-bond donors (Lipinski definition) is 1. The summed E-state index contributed by atoms with van der Waals surface area (Å²) < 4.78 is 48.2. The van der Waals surface area contributed by atoms with E-state index in [1.807, 2.05) is 37.6 Å². The molecule has 6 heterocycles. The lowest BCUT2D eigenvalue weighted by molar-refractivity contribution is 0.122. The summed E-state index contributed by atoms with van der Waals surface area (Å²) in [5.74, 6) is 3.26. The van der Waals surface area contributed by atoms with E-state index in [1.165, 1.54) is 10.6 Å². The number of sulfonamides is 1. The second kappa shape index (κ2) is 16.6. The number of aromatic nitrogens is 6. The van der Waals surface area contributed by atoms with E-state index >= 15 is 0 Å². The smallest absolute Gasteiger partial charge is 0.232 e. The maximum Gasteiger partial charge on any atom is 0.232 e. The molecule has 4 aromatic heterocycles. The highest BCUT2D eigenvalue weighted by Gasteiger charge is 2.30. The van der Waals surface area contributed by atoms with E-state index in [4.69, 9.17) is 24.2 Å². The molecular weight excluding hydrogens is 711 g/mol. The van der Waals surface area contributed by atoms with Gasteiger partial charge in [-0.1, -0.05) is 0 Å². The Hall–Kier alpha value is -4.32. The molecule has 7 rings (SSSR count). The summed E-state index contributed by atoms with van der Waals surface area (Å²) >= 11 is 0. The van der Waals surface area contributed by atoms with Crippen LogP contribution in [0.25, 0.3) is 10.9 Å². The predicted molar refractivity (Wildman–Crippen MR) is 208 cm³/mol. The van der Waals surface area contributed by atoms with Crippen molar-refractivity contribution in [1.29, 1.82) is 0 Å². The number of fused-ring (bicyclic) bond motifs is 1. The Balaban J connectivity index is 1.03. The van der Waals surface area contributed by atoms with E-state index in [0.717, 1.165) is 75.7 Å². The Morgan fingerprint density at radius 1 is 0.944 bits per heavy atom. The van der Waals surface area contributed by atoms with Crippen LogP contribution in [0.1, 0.15) is 50.2 Å². The summed E-state index contributed by atoms with van der Waals surface area (Å²) in [4.78, 5) is 30.2. The van der Waals surface area contributed by atoms with Crippen molar-refractivity contribution in [3.05, 3.63) is 48.4 Å². The van der Waals surface area contributed by atoms with Crippen molar-refractivity contribution in [2.24, 2.45) is 7.05 Å². The van der Waals surface area contributed by atoms with Gasteiger partial charge in [-0.15, -0.1) is 0 Å². The number of ether oxygens (including phenoxy) is 3. The Morgan fingerprint density at radius 2 is 1.67 bits per heavy atom. The summed E-state index contributed by atoms with van der Waals surface area (Å²) in [5, 5.41) is 4.15. The number of piperazine rings is 1. The molecule has 16 nitrogen and oxygen atoms in total. The molecule has 17 heteroatoms. The average Bonchev–Trinajstić information content (AvgIpc) is 3.51. The fourth-order valence-electron chi connectivity index (χ4n) is 7.46. The molecule has 1 atom stereocenters. The van der Waals surface area contributed by atoms with Crippen LogP contribution in [0.5, 0.6) is 11.6 Å².